The molecule has 0 spiro atoms. The first-order chi connectivity index (χ1) is 6.72. The summed E-state index contributed by atoms with van der Waals surface area (Å²) in [4.78, 5) is 0. The predicted octanol–water partition coefficient (Wildman–Crippen LogP) is 0.885. The van der Waals surface area contributed by atoms with Crippen molar-refractivity contribution in [1.82, 2.24) is 0 Å². The molecule has 1 unspecified atom stereocenters. The van der Waals surface area contributed by atoms with Crippen molar-refractivity contribution in [2.24, 2.45) is 0 Å². The molecule has 0 aromatic rings. The van der Waals surface area contributed by atoms with E-state index >= 15 is 0 Å². The highest BCUT2D eigenvalue weighted by molar-refractivity contribution is 6.07. The first-order valence-corrected chi connectivity index (χ1v) is 4.35. The molecule has 2 N–H and O–H groups in total. The molecule has 0 aromatic carbocycles. The third kappa shape index (κ3) is 17.6. The normalized spacial score (nSPS) is 11.1. The van der Waals surface area contributed by atoms with Crippen LogP contribution in [0.25, 0.3) is 0 Å². The van der Waals surface area contributed by atoms with Crippen LogP contribution in [0.2, 0.25) is 0 Å². The van der Waals surface area contributed by atoms with Crippen LogP contribution in [-0.4, -0.2) is 42.7 Å². The Labute approximate surface area is 89.6 Å². The fourth-order valence-corrected chi connectivity index (χ4v) is 0.506. The molecule has 5 heteroatoms. The minimum absolute atomic E-state index is 0.0297. The second kappa shape index (κ2) is 15.1. The van der Waals surface area contributed by atoms with Gasteiger partial charge in [-0.15, -0.1) is 13.2 Å². The van der Waals surface area contributed by atoms with Gasteiger partial charge in [-0.1, -0.05) is 12.2 Å². The van der Waals surface area contributed by atoms with Crippen molar-refractivity contribution in [1.29, 1.82) is 0 Å². The van der Waals surface area contributed by atoms with Crippen LogP contribution in [0.4, 0.5) is 0 Å². The van der Waals surface area contributed by atoms with Crippen molar-refractivity contribution in [3.05, 3.63) is 25.3 Å². The summed E-state index contributed by atoms with van der Waals surface area (Å²) in [6.45, 7) is 7.84. The van der Waals surface area contributed by atoms with E-state index in [9.17, 15) is 0 Å². The van der Waals surface area contributed by atoms with E-state index in [2.05, 4.69) is 17.4 Å². The molecule has 84 valence electrons. The molecule has 0 rings (SSSR count). The summed E-state index contributed by atoms with van der Waals surface area (Å²) in [5.41, 5.74) is 0. The van der Waals surface area contributed by atoms with Crippen LogP contribution in [0.3, 0.4) is 0 Å². The monoisotopic (exact) mass is 224 g/mol. The van der Waals surface area contributed by atoms with Gasteiger partial charge in [0.2, 0.25) is 0 Å². The molecule has 0 bridgehead atoms. The first-order valence-electron chi connectivity index (χ1n) is 4.04. The number of ether oxygens (including phenoxy) is 1. The van der Waals surface area contributed by atoms with Crippen LogP contribution >= 0.6 is 11.9 Å². The number of halogens is 1. The van der Waals surface area contributed by atoms with Crippen molar-refractivity contribution >= 4 is 11.9 Å². The quantitative estimate of drug-likeness (QED) is 0.498. The molecule has 0 heterocycles. The number of aliphatic hydroxyl groups is 2. The lowest BCUT2D eigenvalue weighted by Gasteiger charge is -1.99. The number of hydrogen-bond acceptors (Lipinski definition) is 4. The van der Waals surface area contributed by atoms with Crippen molar-refractivity contribution in [2.75, 3.05) is 26.4 Å². The Kier molecular flexibility index (Phi) is 17.3. The third-order valence-corrected chi connectivity index (χ3v) is 1.06. The molecule has 14 heavy (non-hydrogen) atoms. The highest BCUT2D eigenvalue weighted by Crippen LogP contribution is 1.84. The predicted molar refractivity (Wildman–Crippen MR) is 56.1 cm³/mol. The molecule has 0 fully saturated rings. The van der Waals surface area contributed by atoms with Crippen molar-refractivity contribution in [3.8, 4) is 0 Å². The molecule has 0 saturated carbocycles. The Hall–Kier alpha value is -0.390. The van der Waals surface area contributed by atoms with E-state index in [4.69, 9.17) is 26.8 Å². The van der Waals surface area contributed by atoms with Gasteiger partial charge < -0.3 is 14.9 Å². The van der Waals surface area contributed by atoms with Gasteiger partial charge in [0.05, 0.1) is 38.3 Å². The highest BCUT2D eigenvalue weighted by atomic mass is 35.5. The van der Waals surface area contributed by atoms with Crippen LogP contribution in [0.5, 0.6) is 0 Å². The lowest BCUT2D eigenvalue weighted by molar-refractivity contribution is 0.0569. The minimum atomic E-state index is -0.850. The zero-order valence-corrected chi connectivity index (χ0v) is 8.82. The van der Waals surface area contributed by atoms with E-state index in [-0.39, 0.29) is 13.2 Å². The summed E-state index contributed by atoms with van der Waals surface area (Å²) in [6.07, 6.45) is 2.57. The average molecular weight is 225 g/mol. The van der Waals surface area contributed by atoms with E-state index in [0.717, 1.165) is 0 Å². The fraction of sp³-hybridized carbons (Fsp3) is 0.556. The Morgan fingerprint density at radius 3 is 2.00 bits per heavy atom. The van der Waals surface area contributed by atoms with Gasteiger partial charge in [-0.3, -0.25) is 4.29 Å². The van der Waals surface area contributed by atoms with Crippen molar-refractivity contribution < 1.29 is 19.2 Å². The van der Waals surface area contributed by atoms with Gasteiger partial charge in [0, 0.05) is 0 Å². The molecule has 0 aliphatic heterocycles. The maximum absolute atomic E-state index is 8.40. The summed E-state index contributed by atoms with van der Waals surface area (Å²) >= 11 is 4.70. The molecule has 4 nitrogen and oxygen atoms in total. The average Bonchev–Trinajstić information content (AvgIpc) is 2.20. The minimum Gasteiger partial charge on any atom is -0.394 e. The van der Waals surface area contributed by atoms with Crippen LogP contribution in [0.15, 0.2) is 25.3 Å². The van der Waals surface area contributed by atoms with Gasteiger partial charge in [0.15, 0.2) is 0 Å². The number of aliphatic hydroxyl groups excluding tert-OH is 2. The Bertz CT molecular complexity index is 122. The lowest BCUT2D eigenvalue weighted by Crippen LogP contribution is -2.16. The van der Waals surface area contributed by atoms with E-state index < -0.39 is 6.10 Å². The van der Waals surface area contributed by atoms with E-state index in [1.807, 2.05) is 0 Å². The molecule has 0 saturated heterocycles. The Balaban J connectivity index is 0. The Morgan fingerprint density at radius 2 is 1.79 bits per heavy atom. The van der Waals surface area contributed by atoms with Gasteiger partial charge in [-0.2, -0.15) is 0 Å². The zero-order chi connectivity index (χ0) is 11.2. The molecular formula is C9H17ClO4. The second-order valence-electron chi connectivity index (χ2n) is 2.23. The van der Waals surface area contributed by atoms with Crippen LogP contribution < -0.4 is 0 Å². The third-order valence-electron chi connectivity index (χ3n) is 0.938. The molecule has 0 radical (unpaired) electrons. The smallest absolute Gasteiger partial charge is 0.102 e. The SMILES string of the molecule is C=CCOCC=C.OCC(O)COCl. The number of hydrogen-bond donors (Lipinski definition) is 2. The van der Waals surface area contributed by atoms with Crippen LogP contribution in [0, 0.1) is 0 Å². The standard InChI is InChI=1S/C6H10O.C3H7ClO3/c1-3-5-7-6-4-2;4-7-2-3(6)1-5/h3-4H,1-2,5-6H2;3,5-6H,1-2H2. The molecule has 1 atom stereocenters. The molecule has 0 aliphatic rings. The van der Waals surface area contributed by atoms with Gasteiger partial charge >= 0.3 is 0 Å². The van der Waals surface area contributed by atoms with Crippen molar-refractivity contribution in [2.45, 2.75) is 6.10 Å². The van der Waals surface area contributed by atoms with Crippen LogP contribution in [0.1, 0.15) is 0 Å². The largest absolute Gasteiger partial charge is 0.394 e. The van der Waals surface area contributed by atoms with Crippen LogP contribution in [-0.2, 0) is 9.03 Å². The molecule has 0 aliphatic carbocycles. The summed E-state index contributed by atoms with van der Waals surface area (Å²) in [7, 11) is 0. The first kappa shape index (κ1) is 16.1. The van der Waals surface area contributed by atoms with E-state index in [1.165, 1.54) is 0 Å². The summed E-state index contributed by atoms with van der Waals surface area (Å²) in [6, 6.07) is 0. The van der Waals surface area contributed by atoms with E-state index in [0.29, 0.717) is 13.2 Å². The summed E-state index contributed by atoms with van der Waals surface area (Å²) in [5, 5.41) is 16.5. The van der Waals surface area contributed by atoms with Gasteiger partial charge in [0.25, 0.3) is 0 Å². The van der Waals surface area contributed by atoms with Gasteiger partial charge in [-0.25, -0.2) is 0 Å². The highest BCUT2D eigenvalue weighted by Gasteiger charge is 1.98. The second-order valence-corrected chi connectivity index (χ2v) is 2.45. The topological polar surface area (TPSA) is 58.9 Å². The lowest BCUT2D eigenvalue weighted by atomic mass is 10.4. The molecule has 0 amide bonds. The number of rotatable bonds is 7. The van der Waals surface area contributed by atoms with E-state index in [1.54, 1.807) is 12.2 Å². The fourth-order valence-electron chi connectivity index (χ4n) is 0.360. The zero-order valence-electron chi connectivity index (χ0n) is 8.06. The van der Waals surface area contributed by atoms with Crippen molar-refractivity contribution in [3.63, 3.8) is 0 Å². The maximum atomic E-state index is 8.40. The Morgan fingerprint density at radius 1 is 1.29 bits per heavy atom. The van der Waals surface area contributed by atoms with Gasteiger partial charge in [-0.05, 0) is 0 Å². The summed E-state index contributed by atoms with van der Waals surface area (Å²) in [5.74, 6) is 0. The molecule has 0 aromatic heterocycles. The maximum Gasteiger partial charge on any atom is 0.102 e. The summed E-state index contributed by atoms with van der Waals surface area (Å²) < 4.78 is 8.85. The molecular weight excluding hydrogens is 208 g/mol. The van der Waals surface area contributed by atoms with Gasteiger partial charge in [0.1, 0.15) is 6.10 Å².